The number of nitrogens with one attached hydrogen (secondary N) is 1. The van der Waals surface area contributed by atoms with Crippen LogP contribution in [0.5, 0.6) is 0 Å². The molecular weight excluding hydrogens is 182 g/mol. The van der Waals surface area contributed by atoms with Crippen molar-refractivity contribution < 1.29 is 0 Å². The maximum Gasteiger partial charge on any atom is 0.0161 e. The van der Waals surface area contributed by atoms with E-state index in [1.165, 1.54) is 24.8 Å². The zero-order chi connectivity index (χ0) is 10.7. The van der Waals surface area contributed by atoms with Gasteiger partial charge in [0.25, 0.3) is 0 Å². The minimum atomic E-state index is 0.678. The zero-order valence-corrected chi connectivity index (χ0v) is 9.74. The first-order valence-electron chi connectivity index (χ1n) is 6.09. The molecule has 1 heteroatoms. The summed E-state index contributed by atoms with van der Waals surface area (Å²) in [7, 11) is 2.11. The van der Waals surface area contributed by atoms with Crippen LogP contribution in [0.3, 0.4) is 0 Å². The lowest BCUT2D eigenvalue weighted by atomic mass is 9.86. The van der Waals surface area contributed by atoms with Crippen molar-refractivity contribution in [1.82, 2.24) is 5.32 Å². The Labute approximate surface area is 92.9 Å². The van der Waals surface area contributed by atoms with Crippen molar-refractivity contribution in [3.63, 3.8) is 0 Å². The predicted molar refractivity (Wildman–Crippen MR) is 65.0 cm³/mol. The van der Waals surface area contributed by atoms with Gasteiger partial charge in [0.1, 0.15) is 0 Å². The number of hydrogen-bond acceptors (Lipinski definition) is 1. The van der Waals surface area contributed by atoms with Gasteiger partial charge in [-0.05, 0) is 43.7 Å². The summed E-state index contributed by atoms with van der Waals surface area (Å²) in [5, 5.41) is 3.51. The second-order valence-electron chi connectivity index (χ2n) is 4.58. The van der Waals surface area contributed by atoms with Gasteiger partial charge in [0, 0.05) is 6.04 Å². The van der Waals surface area contributed by atoms with E-state index in [9.17, 15) is 0 Å². The highest BCUT2D eigenvalue weighted by atomic mass is 14.9. The van der Waals surface area contributed by atoms with Crippen LogP contribution >= 0.6 is 0 Å². The molecule has 0 aromatic heterocycles. The van der Waals surface area contributed by atoms with Gasteiger partial charge in [-0.3, -0.25) is 0 Å². The van der Waals surface area contributed by atoms with Crippen LogP contribution in [0.1, 0.15) is 37.7 Å². The Morgan fingerprint density at radius 2 is 1.93 bits per heavy atom. The molecule has 0 amide bonds. The first-order chi connectivity index (χ1) is 7.36. The van der Waals surface area contributed by atoms with Gasteiger partial charge < -0.3 is 5.32 Å². The molecule has 1 aromatic rings. The SMILES string of the molecule is CCC(c1ccccc1)C(NC)C1CC1. The number of hydrogen-bond donors (Lipinski definition) is 1. The van der Waals surface area contributed by atoms with Crippen molar-refractivity contribution in [2.24, 2.45) is 5.92 Å². The van der Waals surface area contributed by atoms with Gasteiger partial charge >= 0.3 is 0 Å². The Morgan fingerprint density at radius 1 is 1.27 bits per heavy atom. The summed E-state index contributed by atoms with van der Waals surface area (Å²) < 4.78 is 0. The van der Waals surface area contributed by atoms with Crippen molar-refractivity contribution in [2.75, 3.05) is 7.05 Å². The van der Waals surface area contributed by atoms with E-state index in [4.69, 9.17) is 0 Å². The molecule has 1 aliphatic carbocycles. The molecule has 0 bridgehead atoms. The van der Waals surface area contributed by atoms with Gasteiger partial charge in [0.05, 0.1) is 0 Å². The van der Waals surface area contributed by atoms with Crippen molar-refractivity contribution >= 4 is 0 Å². The van der Waals surface area contributed by atoms with Gasteiger partial charge in [-0.1, -0.05) is 37.3 Å². The van der Waals surface area contributed by atoms with Gasteiger partial charge in [-0.25, -0.2) is 0 Å². The summed E-state index contributed by atoms with van der Waals surface area (Å²) in [6, 6.07) is 11.6. The second kappa shape index (κ2) is 4.80. The van der Waals surface area contributed by atoms with Crippen LogP contribution in [0, 0.1) is 5.92 Å². The highest BCUT2D eigenvalue weighted by Crippen LogP contribution is 2.40. The second-order valence-corrected chi connectivity index (χ2v) is 4.58. The minimum absolute atomic E-state index is 0.678. The molecule has 1 fully saturated rings. The third kappa shape index (κ3) is 2.40. The summed E-state index contributed by atoms with van der Waals surface area (Å²) in [6.45, 7) is 2.30. The fraction of sp³-hybridized carbons (Fsp3) is 0.571. The van der Waals surface area contributed by atoms with E-state index in [1.807, 2.05) is 0 Å². The van der Waals surface area contributed by atoms with Crippen LogP contribution in [-0.4, -0.2) is 13.1 Å². The molecule has 0 heterocycles. The molecule has 1 nitrogen and oxygen atoms in total. The van der Waals surface area contributed by atoms with Crippen molar-refractivity contribution in [3.8, 4) is 0 Å². The first-order valence-corrected chi connectivity index (χ1v) is 6.09. The molecule has 1 N–H and O–H groups in total. The fourth-order valence-electron chi connectivity index (χ4n) is 2.62. The molecule has 0 radical (unpaired) electrons. The Bertz CT molecular complexity index is 289. The molecular formula is C14H21N. The standard InChI is InChI=1S/C14H21N/c1-3-13(11-7-5-4-6-8-11)14(15-2)12-9-10-12/h4-8,12-15H,3,9-10H2,1-2H3. The highest BCUT2D eigenvalue weighted by molar-refractivity contribution is 5.22. The maximum atomic E-state index is 3.51. The smallest absolute Gasteiger partial charge is 0.0161 e. The summed E-state index contributed by atoms with van der Waals surface area (Å²) in [6.07, 6.45) is 4.05. The molecule has 2 unspecified atom stereocenters. The van der Waals surface area contributed by atoms with Crippen molar-refractivity contribution in [1.29, 1.82) is 0 Å². The van der Waals surface area contributed by atoms with Crippen LogP contribution in [0.25, 0.3) is 0 Å². The van der Waals surface area contributed by atoms with E-state index in [1.54, 1.807) is 0 Å². The molecule has 82 valence electrons. The van der Waals surface area contributed by atoms with E-state index in [0.29, 0.717) is 12.0 Å². The molecule has 0 saturated heterocycles. The monoisotopic (exact) mass is 203 g/mol. The van der Waals surface area contributed by atoms with Gasteiger partial charge in [0.2, 0.25) is 0 Å². The molecule has 15 heavy (non-hydrogen) atoms. The third-order valence-corrected chi connectivity index (χ3v) is 3.56. The molecule has 0 spiro atoms. The van der Waals surface area contributed by atoms with Crippen LogP contribution in [0.2, 0.25) is 0 Å². The predicted octanol–water partition coefficient (Wildman–Crippen LogP) is 3.18. The van der Waals surface area contributed by atoms with Crippen molar-refractivity contribution in [2.45, 2.75) is 38.1 Å². The number of rotatable bonds is 5. The van der Waals surface area contributed by atoms with Crippen LogP contribution in [0.4, 0.5) is 0 Å². The van der Waals surface area contributed by atoms with Crippen LogP contribution in [-0.2, 0) is 0 Å². The number of likely N-dealkylation sites (N-methyl/N-ethyl adjacent to an activating group) is 1. The minimum Gasteiger partial charge on any atom is -0.316 e. The first kappa shape index (κ1) is 10.7. The Hall–Kier alpha value is -0.820. The average molecular weight is 203 g/mol. The van der Waals surface area contributed by atoms with Crippen LogP contribution in [0.15, 0.2) is 30.3 Å². The van der Waals surface area contributed by atoms with E-state index in [0.717, 1.165) is 5.92 Å². The van der Waals surface area contributed by atoms with Gasteiger partial charge in [-0.15, -0.1) is 0 Å². The summed E-state index contributed by atoms with van der Waals surface area (Å²) in [4.78, 5) is 0. The summed E-state index contributed by atoms with van der Waals surface area (Å²) in [5.74, 6) is 1.60. The Balaban J connectivity index is 2.15. The Kier molecular flexibility index (Phi) is 3.42. The van der Waals surface area contributed by atoms with E-state index < -0.39 is 0 Å². The highest BCUT2D eigenvalue weighted by Gasteiger charge is 2.35. The average Bonchev–Trinajstić information content (AvgIpc) is 3.11. The molecule has 1 saturated carbocycles. The van der Waals surface area contributed by atoms with Gasteiger partial charge in [0.15, 0.2) is 0 Å². The molecule has 2 rings (SSSR count). The lowest BCUT2D eigenvalue weighted by Crippen LogP contribution is -2.33. The normalized spacial score (nSPS) is 19.9. The van der Waals surface area contributed by atoms with Crippen molar-refractivity contribution in [3.05, 3.63) is 35.9 Å². The lowest BCUT2D eigenvalue weighted by Gasteiger charge is -2.26. The topological polar surface area (TPSA) is 12.0 Å². The largest absolute Gasteiger partial charge is 0.316 e. The maximum absolute atomic E-state index is 3.51. The summed E-state index contributed by atoms with van der Waals surface area (Å²) >= 11 is 0. The molecule has 2 atom stereocenters. The Morgan fingerprint density at radius 3 is 2.40 bits per heavy atom. The third-order valence-electron chi connectivity index (χ3n) is 3.56. The van der Waals surface area contributed by atoms with Crippen LogP contribution < -0.4 is 5.32 Å². The molecule has 1 aliphatic rings. The quantitative estimate of drug-likeness (QED) is 0.775. The zero-order valence-electron chi connectivity index (χ0n) is 9.74. The lowest BCUT2D eigenvalue weighted by molar-refractivity contribution is 0.408. The number of benzene rings is 1. The molecule has 0 aliphatic heterocycles. The fourth-order valence-corrected chi connectivity index (χ4v) is 2.62. The summed E-state index contributed by atoms with van der Waals surface area (Å²) in [5.41, 5.74) is 1.49. The van der Waals surface area contributed by atoms with E-state index in [-0.39, 0.29) is 0 Å². The molecule has 1 aromatic carbocycles. The van der Waals surface area contributed by atoms with E-state index in [2.05, 4.69) is 49.6 Å². The van der Waals surface area contributed by atoms with Gasteiger partial charge in [-0.2, -0.15) is 0 Å². The van der Waals surface area contributed by atoms with E-state index >= 15 is 0 Å².